The third-order valence-electron chi connectivity index (χ3n) is 2.88. The number of hydrogen-bond acceptors (Lipinski definition) is 4. The maximum Gasteiger partial charge on any atom is 0.254 e. The number of amides is 1. The number of carbonyl (C=O) groups is 1. The Labute approximate surface area is 115 Å². The van der Waals surface area contributed by atoms with E-state index in [4.69, 9.17) is 4.74 Å². The quantitative estimate of drug-likeness (QED) is 0.854. The van der Waals surface area contributed by atoms with Crippen molar-refractivity contribution in [3.63, 3.8) is 0 Å². The topological polar surface area (TPSA) is 54.5 Å². The first-order valence-corrected chi connectivity index (χ1v) is 6.46. The molecule has 1 heterocycles. The van der Waals surface area contributed by atoms with E-state index in [0.29, 0.717) is 24.5 Å². The molecule has 0 unspecified atom stereocenters. The zero-order valence-electron chi connectivity index (χ0n) is 12.4. The number of pyridine rings is 1. The SMILES string of the molecule is CNc1cc(C(=O)N(CCOC)C(C)C)cc(C)n1. The molecule has 0 aliphatic rings. The van der Waals surface area contributed by atoms with Crippen LogP contribution in [0.5, 0.6) is 0 Å². The second-order valence-electron chi connectivity index (χ2n) is 4.72. The third-order valence-corrected chi connectivity index (χ3v) is 2.88. The van der Waals surface area contributed by atoms with Gasteiger partial charge in [-0.1, -0.05) is 0 Å². The Morgan fingerprint density at radius 3 is 2.68 bits per heavy atom. The van der Waals surface area contributed by atoms with Crippen molar-refractivity contribution in [1.82, 2.24) is 9.88 Å². The fourth-order valence-electron chi connectivity index (χ4n) is 1.87. The predicted molar refractivity (Wildman–Crippen MR) is 76.6 cm³/mol. The number of nitrogens with one attached hydrogen (secondary N) is 1. The lowest BCUT2D eigenvalue weighted by molar-refractivity contribution is 0.0635. The number of aryl methyl sites for hydroxylation is 1. The zero-order chi connectivity index (χ0) is 14.4. The third kappa shape index (κ3) is 4.21. The van der Waals surface area contributed by atoms with E-state index in [2.05, 4.69) is 10.3 Å². The van der Waals surface area contributed by atoms with E-state index in [1.165, 1.54) is 0 Å². The Hall–Kier alpha value is -1.62. The highest BCUT2D eigenvalue weighted by Gasteiger charge is 2.19. The van der Waals surface area contributed by atoms with Gasteiger partial charge in [-0.3, -0.25) is 4.79 Å². The lowest BCUT2D eigenvalue weighted by atomic mass is 10.1. The molecule has 1 rings (SSSR count). The number of nitrogens with zero attached hydrogens (tertiary/aromatic N) is 2. The van der Waals surface area contributed by atoms with E-state index in [1.807, 2.05) is 26.8 Å². The zero-order valence-corrected chi connectivity index (χ0v) is 12.4. The summed E-state index contributed by atoms with van der Waals surface area (Å²) in [5.41, 5.74) is 1.48. The van der Waals surface area contributed by atoms with Gasteiger partial charge in [0.25, 0.3) is 5.91 Å². The Balaban J connectivity index is 2.98. The van der Waals surface area contributed by atoms with Crippen LogP contribution in [-0.2, 0) is 4.74 Å². The van der Waals surface area contributed by atoms with E-state index in [9.17, 15) is 4.79 Å². The monoisotopic (exact) mass is 265 g/mol. The Morgan fingerprint density at radius 1 is 1.47 bits per heavy atom. The Kier molecular flexibility index (Phi) is 5.76. The van der Waals surface area contributed by atoms with E-state index in [1.54, 1.807) is 25.1 Å². The standard InChI is InChI=1S/C14H23N3O2/c1-10(2)17(6-7-19-5)14(18)12-8-11(3)16-13(9-12)15-4/h8-10H,6-7H2,1-5H3,(H,15,16). The van der Waals surface area contributed by atoms with Crippen LogP contribution in [0.1, 0.15) is 29.9 Å². The van der Waals surface area contributed by atoms with Gasteiger partial charge in [-0.15, -0.1) is 0 Å². The summed E-state index contributed by atoms with van der Waals surface area (Å²) in [4.78, 5) is 18.6. The molecule has 0 atom stereocenters. The Bertz CT molecular complexity index is 433. The van der Waals surface area contributed by atoms with Gasteiger partial charge in [0.1, 0.15) is 5.82 Å². The maximum atomic E-state index is 12.5. The second-order valence-corrected chi connectivity index (χ2v) is 4.72. The lowest BCUT2D eigenvalue weighted by Gasteiger charge is -2.26. The molecular weight excluding hydrogens is 242 g/mol. The van der Waals surface area contributed by atoms with Crippen LogP contribution in [0.4, 0.5) is 5.82 Å². The van der Waals surface area contributed by atoms with Gasteiger partial charge < -0.3 is 15.0 Å². The molecular formula is C14H23N3O2. The number of methoxy groups -OCH3 is 1. The summed E-state index contributed by atoms with van der Waals surface area (Å²) in [7, 11) is 3.43. The van der Waals surface area contributed by atoms with Crippen LogP contribution in [0.25, 0.3) is 0 Å². The van der Waals surface area contributed by atoms with Crippen molar-refractivity contribution in [1.29, 1.82) is 0 Å². The highest BCUT2D eigenvalue weighted by molar-refractivity contribution is 5.95. The molecule has 0 aliphatic heterocycles. The number of hydrogen-bond donors (Lipinski definition) is 1. The van der Waals surface area contributed by atoms with Gasteiger partial charge in [0, 0.05) is 38.0 Å². The number of anilines is 1. The smallest absolute Gasteiger partial charge is 0.254 e. The number of carbonyl (C=O) groups excluding carboxylic acids is 1. The molecule has 0 radical (unpaired) electrons. The van der Waals surface area contributed by atoms with Crippen molar-refractivity contribution in [2.45, 2.75) is 26.8 Å². The summed E-state index contributed by atoms with van der Waals surface area (Å²) in [5.74, 6) is 0.716. The maximum absolute atomic E-state index is 12.5. The molecule has 5 heteroatoms. The van der Waals surface area contributed by atoms with Gasteiger partial charge in [0.05, 0.1) is 6.61 Å². The van der Waals surface area contributed by atoms with E-state index >= 15 is 0 Å². The molecule has 1 amide bonds. The van der Waals surface area contributed by atoms with Crippen LogP contribution in [-0.4, -0.2) is 49.1 Å². The van der Waals surface area contributed by atoms with Gasteiger partial charge in [-0.05, 0) is 32.9 Å². The minimum Gasteiger partial charge on any atom is -0.383 e. The van der Waals surface area contributed by atoms with Gasteiger partial charge >= 0.3 is 0 Å². The first kappa shape index (κ1) is 15.4. The van der Waals surface area contributed by atoms with Crippen LogP contribution in [0.2, 0.25) is 0 Å². The van der Waals surface area contributed by atoms with Crippen molar-refractivity contribution in [2.24, 2.45) is 0 Å². The Morgan fingerprint density at radius 2 is 2.16 bits per heavy atom. The molecule has 1 N–H and O–H groups in total. The van der Waals surface area contributed by atoms with Gasteiger partial charge in [-0.2, -0.15) is 0 Å². The van der Waals surface area contributed by atoms with Crippen molar-refractivity contribution in [3.05, 3.63) is 23.4 Å². The largest absolute Gasteiger partial charge is 0.383 e. The molecule has 0 aromatic carbocycles. The average molecular weight is 265 g/mol. The van der Waals surface area contributed by atoms with Crippen LogP contribution in [0.3, 0.4) is 0 Å². The molecule has 106 valence electrons. The second kappa shape index (κ2) is 7.09. The minimum atomic E-state index is 0.00838. The fourth-order valence-corrected chi connectivity index (χ4v) is 1.87. The average Bonchev–Trinajstić information content (AvgIpc) is 2.37. The fraction of sp³-hybridized carbons (Fsp3) is 0.571. The summed E-state index contributed by atoms with van der Waals surface area (Å²) < 4.78 is 5.06. The summed E-state index contributed by atoms with van der Waals surface area (Å²) in [6.45, 7) is 7.00. The lowest BCUT2D eigenvalue weighted by Crippen LogP contribution is -2.39. The van der Waals surface area contributed by atoms with E-state index < -0.39 is 0 Å². The molecule has 0 fully saturated rings. The van der Waals surface area contributed by atoms with Gasteiger partial charge in [0.2, 0.25) is 0 Å². The molecule has 0 aliphatic carbocycles. The van der Waals surface area contributed by atoms with Crippen molar-refractivity contribution >= 4 is 11.7 Å². The van der Waals surface area contributed by atoms with Crippen LogP contribution in [0, 0.1) is 6.92 Å². The van der Waals surface area contributed by atoms with Crippen molar-refractivity contribution in [2.75, 3.05) is 32.6 Å². The van der Waals surface area contributed by atoms with E-state index in [0.717, 1.165) is 5.69 Å². The van der Waals surface area contributed by atoms with Crippen LogP contribution < -0.4 is 5.32 Å². The van der Waals surface area contributed by atoms with Crippen LogP contribution in [0.15, 0.2) is 12.1 Å². The van der Waals surface area contributed by atoms with Gasteiger partial charge in [-0.25, -0.2) is 4.98 Å². The number of aromatic nitrogens is 1. The summed E-state index contributed by atoms with van der Waals surface area (Å²) in [6, 6.07) is 3.72. The predicted octanol–water partition coefficient (Wildman–Crippen LogP) is 1.93. The molecule has 1 aromatic heterocycles. The number of rotatable bonds is 6. The molecule has 5 nitrogen and oxygen atoms in total. The highest BCUT2D eigenvalue weighted by atomic mass is 16.5. The summed E-state index contributed by atoms with van der Waals surface area (Å²) >= 11 is 0. The van der Waals surface area contributed by atoms with Crippen molar-refractivity contribution < 1.29 is 9.53 Å². The number of ether oxygens (including phenoxy) is 1. The molecule has 0 bridgehead atoms. The van der Waals surface area contributed by atoms with Crippen LogP contribution >= 0.6 is 0 Å². The highest BCUT2D eigenvalue weighted by Crippen LogP contribution is 2.13. The molecule has 0 saturated carbocycles. The van der Waals surface area contributed by atoms with E-state index in [-0.39, 0.29) is 11.9 Å². The normalized spacial score (nSPS) is 10.6. The van der Waals surface area contributed by atoms with Gasteiger partial charge in [0.15, 0.2) is 0 Å². The molecule has 0 saturated heterocycles. The molecule has 19 heavy (non-hydrogen) atoms. The first-order valence-electron chi connectivity index (χ1n) is 6.46. The summed E-state index contributed by atoms with van der Waals surface area (Å²) in [6.07, 6.45) is 0. The molecule has 0 spiro atoms. The minimum absolute atomic E-state index is 0.00838. The van der Waals surface area contributed by atoms with Crippen molar-refractivity contribution in [3.8, 4) is 0 Å². The summed E-state index contributed by atoms with van der Waals surface area (Å²) in [5, 5.41) is 2.97. The molecule has 1 aromatic rings. The first-order chi connectivity index (χ1) is 8.99.